The lowest BCUT2D eigenvalue weighted by molar-refractivity contribution is 0.0699. The van der Waals surface area contributed by atoms with Crippen molar-refractivity contribution in [1.29, 1.82) is 0 Å². The molecule has 1 fully saturated rings. The van der Waals surface area contributed by atoms with Crippen LogP contribution in [-0.2, 0) is 0 Å². The first kappa shape index (κ1) is 15.4. The average Bonchev–Trinajstić information content (AvgIpc) is 3.19. The maximum absolute atomic E-state index is 12.8. The minimum atomic E-state index is -0.0313. The van der Waals surface area contributed by atoms with Crippen LogP contribution in [0.3, 0.4) is 0 Å². The highest BCUT2D eigenvalue weighted by molar-refractivity contribution is 5.93. The number of nitrogens with one attached hydrogen (secondary N) is 1. The van der Waals surface area contributed by atoms with Crippen molar-refractivity contribution in [3.63, 3.8) is 0 Å². The molecule has 1 saturated heterocycles. The van der Waals surface area contributed by atoms with Gasteiger partial charge in [0.25, 0.3) is 5.91 Å². The van der Waals surface area contributed by atoms with Gasteiger partial charge in [-0.3, -0.25) is 24.8 Å². The monoisotopic (exact) mass is 334 g/mol. The molecular weight excluding hydrogens is 316 g/mol. The number of hydrogen-bond acceptors (Lipinski definition) is 5. The molecule has 0 radical (unpaired) electrons. The first-order chi connectivity index (χ1) is 12.3. The number of nitrogens with zero attached hydrogens (tertiary/aromatic N) is 5. The minimum absolute atomic E-state index is 0.0313. The van der Waals surface area contributed by atoms with E-state index in [4.69, 9.17) is 0 Å². The van der Waals surface area contributed by atoms with Crippen molar-refractivity contribution >= 4 is 5.91 Å². The standard InChI is InChI=1S/C18H18N6O/c25-18(16-9-15(22-23-16)13-3-1-5-19-10-13)24-8-2-4-14(12-24)17-11-20-6-7-21-17/h1,3,5-7,9-11,14H,2,4,8,12H2,(H,22,23)/t14-/m0/s1. The lowest BCUT2D eigenvalue weighted by atomic mass is 9.95. The zero-order valence-corrected chi connectivity index (χ0v) is 13.7. The van der Waals surface area contributed by atoms with Crippen molar-refractivity contribution in [2.24, 2.45) is 0 Å². The number of carbonyl (C=O) groups excluding carboxylic acids is 1. The van der Waals surface area contributed by atoms with Gasteiger partial charge in [-0.05, 0) is 31.0 Å². The van der Waals surface area contributed by atoms with Gasteiger partial charge >= 0.3 is 0 Å². The Morgan fingerprint density at radius 3 is 2.92 bits per heavy atom. The summed E-state index contributed by atoms with van der Waals surface area (Å²) in [5.74, 6) is 0.198. The molecule has 4 rings (SSSR count). The topological polar surface area (TPSA) is 87.7 Å². The van der Waals surface area contributed by atoms with Gasteiger partial charge in [0.2, 0.25) is 0 Å². The van der Waals surface area contributed by atoms with Gasteiger partial charge in [-0.25, -0.2) is 0 Å². The van der Waals surface area contributed by atoms with Crippen molar-refractivity contribution in [2.45, 2.75) is 18.8 Å². The van der Waals surface area contributed by atoms with Gasteiger partial charge in [0.05, 0.1) is 11.4 Å². The molecular formula is C18H18N6O. The molecule has 1 amide bonds. The van der Waals surface area contributed by atoms with Crippen LogP contribution in [0.15, 0.2) is 49.2 Å². The number of likely N-dealkylation sites (tertiary alicyclic amines) is 1. The molecule has 0 spiro atoms. The second-order valence-electron chi connectivity index (χ2n) is 6.13. The third kappa shape index (κ3) is 3.26. The van der Waals surface area contributed by atoms with E-state index in [1.165, 1.54) is 0 Å². The van der Waals surface area contributed by atoms with Crippen LogP contribution in [0.2, 0.25) is 0 Å². The summed E-state index contributed by atoms with van der Waals surface area (Å²) in [6.07, 6.45) is 10.6. The Labute approximate surface area is 145 Å². The van der Waals surface area contributed by atoms with E-state index in [0.29, 0.717) is 12.2 Å². The summed E-state index contributed by atoms with van der Waals surface area (Å²) in [7, 11) is 0. The molecule has 1 N–H and O–H groups in total. The van der Waals surface area contributed by atoms with Gasteiger partial charge in [-0.1, -0.05) is 0 Å². The highest BCUT2D eigenvalue weighted by Crippen LogP contribution is 2.26. The van der Waals surface area contributed by atoms with Crippen LogP contribution in [0.5, 0.6) is 0 Å². The van der Waals surface area contributed by atoms with E-state index in [-0.39, 0.29) is 11.8 Å². The van der Waals surface area contributed by atoms with E-state index in [9.17, 15) is 4.79 Å². The maximum Gasteiger partial charge on any atom is 0.271 e. The van der Waals surface area contributed by atoms with Gasteiger partial charge in [0.15, 0.2) is 0 Å². The third-order valence-electron chi connectivity index (χ3n) is 4.48. The Morgan fingerprint density at radius 1 is 1.20 bits per heavy atom. The highest BCUT2D eigenvalue weighted by Gasteiger charge is 2.27. The van der Waals surface area contributed by atoms with Crippen molar-refractivity contribution in [2.75, 3.05) is 13.1 Å². The number of rotatable bonds is 3. The summed E-state index contributed by atoms with van der Waals surface area (Å²) in [5, 5.41) is 7.10. The fourth-order valence-corrected chi connectivity index (χ4v) is 3.19. The Morgan fingerprint density at radius 2 is 2.12 bits per heavy atom. The fraction of sp³-hybridized carbons (Fsp3) is 0.278. The number of aromatic nitrogens is 5. The first-order valence-corrected chi connectivity index (χ1v) is 8.32. The number of H-pyrrole nitrogens is 1. The Bertz CT molecular complexity index is 848. The molecule has 0 saturated carbocycles. The third-order valence-corrected chi connectivity index (χ3v) is 4.48. The number of pyridine rings is 1. The van der Waals surface area contributed by atoms with E-state index >= 15 is 0 Å². The lowest BCUT2D eigenvalue weighted by Crippen LogP contribution is -2.39. The van der Waals surface area contributed by atoms with E-state index in [2.05, 4.69) is 25.1 Å². The van der Waals surface area contributed by atoms with Crippen LogP contribution in [0.1, 0.15) is 34.9 Å². The number of piperidine rings is 1. The molecule has 3 aromatic rings. The number of hydrogen-bond donors (Lipinski definition) is 1. The molecule has 1 aliphatic rings. The molecule has 0 bridgehead atoms. The second-order valence-corrected chi connectivity index (χ2v) is 6.13. The smallest absolute Gasteiger partial charge is 0.271 e. The zero-order chi connectivity index (χ0) is 17.1. The first-order valence-electron chi connectivity index (χ1n) is 8.32. The Balaban J connectivity index is 1.50. The fourth-order valence-electron chi connectivity index (χ4n) is 3.19. The summed E-state index contributed by atoms with van der Waals surface area (Å²) < 4.78 is 0. The molecule has 7 nitrogen and oxygen atoms in total. The molecule has 25 heavy (non-hydrogen) atoms. The van der Waals surface area contributed by atoms with Gasteiger partial charge in [-0.15, -0.1) is 0 Å². The van der Waals surface area contributed by atoms with Crippen molar-refractivity contribution < 1.29 is 4.79 Å². The van der Waals surface area contributed by atoms with Crippen LogP contribution in [0.4, 0.5) is 0 Å². The molecule has 1 atom stereocenters. The second kappa shape index (κ2) is 6.80. The van der Waals surface area contributed by atoms with Crippen molar-refractivity contribution in [3.05, 3.63) is 60.6 Å². The molecule has 3 aromatic heterocycles. The van der Waals surface area contributed by atoms with E-state index in [1.54, 1.807) is 37.1 Å². The Kier molecular flexibility index (Phi) is 4.20. The van der Waals surface area contributed by atoms with Crippen molar-refractivity contribution in [3.8, 4) is 11.3 Å². The van der Waals surface area contributed by atoms with E-state index < -0.39 is 0 Å². The predicted octanol–water partition coefficient (Wildman–Crippen LogP) is 2.28. The van der Waals surface area contributed by atoms with Gasteiger partial charge in [0, 0.05) is 55.6 Å². The van der Waals surface area contributed by atoms with E-state index in [0.717, 1.165) is 36.3 Å². The molecule has 7 heteroatoms. The summed E-state index contributed by atoms with van der Waals surface area (Å²) in [6.45, 7) is 1.40. The Hall–Kier alpha value is -3.09. The predicted molar refractivity (Wildman–Crippen MR) is 91.7 cm³/mol. The molecule has 126 valence electrons. The molecule has 4 heterocycles. The normalized spacial score (nSPS) is 17.4. The summed E-state index contributed by atoms with van der Waals surface area (Å²) >= 11 is 0. The summed E-state index contributed by atoms with van der Waals surface area (Å²) in [5.41, 5.74) is 3.05. The van der Waals surface area contributed by atoms with E-state index in [1.807, 2.05) is 17.0 Å². The van der Waals surface area contributed by atoms with Crippen LogP contribution >= 0.6 is 0 Å². The SMILES string of the molecule is O=C(c1cc(-c2cccnc2)n[nH]1)N1CCC[C@H](c2cnccn2)C1. The summed E-state index contributed by atoms with van der Waals surface area (Å²) in [4.78, 5) is 27.3. The highest BCUT2D eigenvalue weighted by atomic mass is 16.2. The number of aromatic amines is 1. The minimum Gasteiger partial charge on any atom is -0.337 e. The number of carbonyl (C=O) groups is 1. The van der Waals surface area contributed by atoms with Crippen LogP contribution in [-0.4, -0.2) is 49.0 Å². The van der Waals surface area contributed by atoms with Crippen molar-refractivity contribution in [1.82, 2.24) is 30.0 Å². The average molecular weight is 334 g/mol. The van der Waals surface area contributed by atoms with Gasteiger partial charge in [-0.2, -0.15) is 5.10 Å². The van der Waals surface area contributed by atoms with Crippen LogP contribution < -0.4 is 0 Å². The van der Waals surface area contributed by atoms with Gasteiger partial charge in [0.1, 0.15) is 5.69 Å². The lowest BCUT2D eigenvalue weighted by Gasteiger charge is -2.32. The number of amides is 1. The van der Waals surface area contributed by atoms with Gasteiger partial charge < -0.3 is 4.90 Å². The van der Waals surface area contributed by atoms with Crippen LogP contribution in [0.25, 0.3) is 11.3 Å². The molecule has 0 aliphatic carbocycles. The molecule has 1 aliphatic heterocycles. The largest absolute Gasteiger partial charge is 0.337 e. The molecule has 0 aromatic carbocycles. The molecule has 0 unspecified atom stereocenters. The maximum atomic E-state index is 12.8. The summed E-state index contributed by atoms with van der Waals surface area (Å²) in [6, 6.07) is 5.55. The quantitative estimate of drug-likeness (QED) is 0.794. The zero-order valence-electron chi connectivity index (χ0n) is 13.7. The van der Waals surface area contributed by atoms with Crippen LogP contribution in [0, 0.1) is 0 Å².